The summed E-state index contributed by atoms with van der Waals surface area (Å²) in [6.07, 6.45) is 1.75. The molecule has 0 radical (unpaired) electrons. The van der Waals surface area contributed by atoms with Crippen molar-refractivity contribution in [2.45, 2.75) is 25.8 Å². The van der Waals surface area contributed by atoms with Crippen molar-refractivity contribution >= 4 is 27.3 Å². The highest BCUT2D eigenvalue weighted by Gasteiger charge is 2.31. The number of benzene rings is 1. The van der Waals surface area contributed by atoms with Crippen LogP contribution < -0.4 is 0 Å². The van der Waals surface area contributed by atoms with Gasteiger partial charge in [-0.25, -0.2) is 4.39 Å². The molecule has 1 N–H and O–H groups in total. The van der Waals surface area contributed by atoms with Crippen molar-refractivity contribution in [3.63, 3.8) is 0 Å². The number of amides is 1. The Hall–Kier alpha value is -1.46. The maximum atomic E-state index is 13.9. The Kier molecular flexibility index (Phi) is 3.48. The standard InChI is InChI=1S/C15H16FNO2S/c1-9-13-11(16)5-2-6-12(13)20-14(9)15(19)17-7-3-4-10(17)8-18/h2,5-6,10,18H,3-4,7-8H2,1H3/t10-/m1/s1. The van der Waals surface area contributed by atoms with Crippen molar-refractivity contribution in [1.29, 1.82) is 0 Å². The van der Waals surface area contributed by atoms with E-state index < -0.39 is 0 Å². The molecule has 1 aliphatic rings. The summed E-state index contributed by atoms with van der Waals surface area (Å²) in [7, 11) is 0. The molecule has 1 aromatic carbocycles. The van der Waals surface area contributed by atoms with Gasteiger partial charge in [-0.3, -0.25) is 4.79 Å². The molecule has 106 valence electrons. The third kappa shape index (κ3) is 2.01. The Balaban J connectivity index is 2.04. The number of aryl methyl sites for hydroxylation is 1. The zero-order valence-electron chi connectivity index (χ0n) is 11.2. The summed E-state index contributed by atoms with van der Waals surface area (Å²) < 4.78 is 14.7. The van der Waals surface area contributed by atoms with Crippen LogP contribution >= 0.6 is 11.3 Å². The molecular formula is C15H16FNO2S. The number of hydrogen-bond donors (Lipinski definition) is 1. The maximum absolute atomic E-state index is 13.9. The Morgan fingerprint density at radius 2 is 2.35 bits per heavy atom. The van der Waals surface area contributed by atoms with Gasteiger partial charge < -0.3 is 10.0 Å². The zero-order valence-corrected chi connectivity index (χ0v) is 12.0. The maximum Gasteiger partial charge on any atom is 0.264 e. The Morgan fingerprint density at radius 1 is 1.55 bits per heavy atom. The third-order valence-corrected chi connectivity index (χ3v) is 5.19. The van der Waals surface area contributed by atoms with Gasteiger partial charge in [0.05, 0.1) is 17.5 Å². The van der Waals surface area contributed by atoms with Gasteiger partial charge in [0.2, 0.25) is 0 Å². The summed E-state index contributed by atoms with van der Waals surface area (Å²) >= 11 is 1.33. The van der Waals surface area contributed by atoms with Crippen LogP contribution in [-0.2, 0) is 0 Å². The van der Waals surface area contributed by atoms with E-state index in [1.54, 1.807) is 17.9 Å². The largest absolute Gasteiger partial charge is 0.394 e. The van der Waals surface area contributed by atoms with E-state index in [9.17, 15) is 14.3 Å². The van der Waals surface area contributed by atoms with E-state index in [1.807, 2.05) is 6.07 Å². The second-order valence-corrected chi connectivity index (χ2v) is 6.20. The minimum atomic E-state index is -0.282. The van der Waals surface area contributed by atoms with Gasteiger partial charge in [-0.2, -0.15) is 0 Å². The SMILES string of the molecule is Cc1c(C(=O)N2CCC[C@@H]2CO)sc2cccc(F)c12. The van der Waals surface area contributed by atoms with Crippen LogP contribution in [0.4, 0.5) is 4.39 Å². The van der Waals surface area contributed by atoms with Crippen molar-refractivity contribution in [3.05, 3.63) is 34.5 Å². The molecule has 1 aliphatic heterocycles. The lowest BCUT2D eigenvalue weighted by molar-refractivity contribution is 0.0682. The Morgan fingerprint density at radius 3 is 3.05 bits per heavy atom. The average molecular weight is 293 g/mol. The monoisotopic (exact) mass is 293 g/mol. The first-order valence-electron chi connectivity index (χ1n) is 6.73. The summed E-state index contributed by atoms with van der Waals surface area (Å²) in [5, 5.41) is 9.88. The van der Waals surface area contributed by atoms with E-state index in [-0.39, 0.29) is 24.4 Å². The van der Waals surface area contributed by atoms with Gasteiger partial charge in [0.15, 0.2) is 0 Å². The lowest BCUT2D eigenvalue weighted by atomic mass is 10.1. The van der Waals surface area contributed by atoms with Crippen LogP contribution in [0.25, 0.3) is 10.1 Å². The summed E-state index contributed by atoms with van der Waals surface area (Å²) in [6, 6.07) is 4.81. The number of carbonyl (C=O) groups is 1. The lowest BCUT2D eigenvalue weighted by Gasteiger charge is -2.22. The molecule has 0 saturated carbocycles. The molecule has 1 atom stereocenters. The molecule has 1 aromatic heterocycles. The molecule has 0 bridgehead atoms. The fraction of sp³-hybridized carbons (Fsp3) is 0.400. The van der Waals surface area contributed by atoms with E-state index in [0.29, 0.717) is 22.4 Å². The van der Waals surface area contributed by atoms with Gasteiger partial charge in [0, 0.05) is 16.6 Å². The number of hydrogen-bond acceptors (Lipinski definition) is 3. The van der Waals surface area contributed by atoms with Gasteiger partial charge in [0.25, 0.3) is 5.91 Å². The van der Waals surface area contributed by atoms with E-state index in [1.165, 1.54) is 17.4 Å². The molecular weight excluding hydrogens is 277 g/mol. The van der Waals surface area contributed by atoms with Crippen molar-refractivity contribution in [3.8, 4) is 0 Å². The molecule has 1 saturated heterocycles. The predicted octanol–water partition coefficient (Wildman–Crippen LogP) is 2.95. The van der Waals surface area contributed by atoms with Crippen LogP contribution in [0.2, 0.25) is 0 Å². The van der Waals surface area contributed by atoms with Crippen LogP contribution in [0.3, 0.4) is 0 Å². The first kappa shape index (κ1) is 13.5. The van der Waals surface area contributed by atoms with E-state index in [4.69, 9.17) is 0 Å². The third-order valence-electron chi connectivity index (χ3n) is 3.95. The number of nitrogens with zero attached hydrogens (tertiary/aromatic N) is 1. The van der Waals surface area contributed by atoms with Crippen LogP contribution in [0, 0.1) is 12.7 Å². The smallest absolute Gasteiger partial charge is 0.264 e. The van der Waals surface area contributed by atoms with E-state index >= 15 is 0 Å². The summed E-state index contributed by atoms with van der Waals surface area (Å²) in [4.78, 5) is 14.9. The highest BCUT2D eigenvalue weighted by molar-refractivity contribution is 7.21. The molecule has 2 aromatic rings. The molecule has 1 fully saturated rings. The quantitative estimate of drug-likeness (QED) is 0.925. The van der Waals surface area contributed by atoms with E-state index in [2.05, 4.69) is 0 Å². The number of likely N-dealkylation sites (tertiary alicyclic amines) is 1. The van der Waals surface area contributed by atoms with Crippen LogP contribution in [0.15, 0.2) is 18.2 Å². The second kappa shape index (κ2) is 5.14. The fourth-order valence-electron chi connectivity index (χ4n) is 2.88. The minimum Gasteiger partial charge on any atom is -0.394 e. The number of halogens is 1. The number of rotatable bonds is 2. The minimum absolute atomic E-state index is 0.00988. The van der Waals surface area contributed by atoms with Gasteiger partial charge >= 0.3 is 0 Å². The first-order valence-corrected chi connectivity index (χ1v) is 7.54. The lowest BCUT2D eigenvalue weighted by Crippen LogP contribution is -2.37. The molecule has 2 heterocycles. The van der Waals surface area contributed by atoms with Crippen molar-refractivity contribution in [1.82, 2.24) is 4.90 Å². The van der Waals surface area contributed by atoms with Gasteiger partial charge in [-0.1, -0.05) is 6.07 Å². The van der Waals surface area contributed by atoms with Crippen molar-refractivity contribution < 1.29 is 14.3 Å². The Bertz CT molecular complexity index is 667. The van der Waals surface area contributed by atoms with Crippen molar-refractivity contribution in [2.24, 2.45) is 0 Å². The zero-order chi connectivity index (χ0) is 14.3. The van der Waals surface area contributed by atoms with E-state index in [0.717, 1.165) is 17.5 Å². The second-order valence-electron chi connectivity index (χ2n) is 5.15. The van der Waals surface area contributed by atoms with Gasteiger partial charge in [0.1, 0.15) is 5.82 Å². The molecule has 0 spiro atoms. The van der Waals surface area contributed by atoms with Gasteiger partial charge in [-0.15, -0.1) is 11.3 Å². The summed E-state index contributed by atoms with van der Waals surface area (Å²) in [6.45, 7) is 2.45. The molecule has 20 heavy (non-hydrogen) atoms. The molecule has 1 amide bonds. The number of aliphatic hydroxyl groups is 1. The summed E-state index contributed by atoms with van der Waals surface area (Å²) in [5.41, 5.74) is 0.705. The number of fused-ring (bicyclic) bond motifs is 1. The fourth-order valence-corrected chi connectivity index (χ4v) is 4.06. The van der Waals surface area contributed by atoms with Crippen molar-refractivity contribution in [2.75, 3.05) is 13.2 Å². The first-order chi connectivity index (χ1) is 9.63. The average Bonchev–Trinajstić information content (AvgIpc) is 3.03. The van der Waals surface area contributed by atoms with Crippen LogP contribution in [-0.4, -0.2) is 35.1 Å². The van der Waals surface area contributed by atoms with Crippen LogP contribution in [0.5, 0.6) is 0 Å². The molecule has 0 unspecified atom stereocenters. The number of thiophene rings is 1. The van der Waals surface area contributed by atoms with Gasteiger partial charge in [-0.05, 0) is 37.5 Å². The topological polar surface area (TPSA) is 40.5 Å². The summed E-state index contributed by atoms with van der Waals surface area (Å²) in [5.74, 6) is -0.366. The highest BCUT2D eigenvalue weighted by Crippen LogP contribution is 2.34. The van der Waals surface area contributed by atoms with Crippen LogP contribution in [0.1, 0.15) is 28.1 Å². The molecule has 5 heteroatoms. The Labute approximate surface area is 120 Å². The normalized spacial score (nSPS) is 18.9. The molecule has 0 aliphatic carbocycles. The molecule has 3 rings (SSSR count). The predicted molar refractivity (Wildman–Crippen MR) is 77.7 cm³/mol. The number of carbonyl (C=O) groups excluding carboxylic acids is 1. The highest BCUT2D eigenvalue weighted by atomic mass is 32.1. The number of aliphatic hydroxyl groups excluding tert-OH is 1. The molecule has 3 nitrogen and oxygen atoms in total.